The molecule has 0 aromatic heterocycles. The monoisotopic (exact) mass is 285 g/mol. The first-order valence-electron chi connectivity index (χ1n) is 6.88. The number of methoxy groups -OCH3 is 1. The van der Waals surface area contributed by atoms with Crippen molar-refractivity contribution in [2.45, 2.75) is 38.3 Å². The van der Waals surface area contributed by atoms with Gasteiger partial charge in [0.1, 0.15) is 5.82 Å². The molecule has 0 radical (unpaired) electrons. The fourth-order valence-electron chi connectivity index (χ4n) is 2.62. The molecule has 1 saturated heterocycles. The number of halogens is 2. The minimum atomic E-state index is -0.858. The number of ether oxygens (including phenoxy) is 1. The molecule has 1 atom stereocenters. The van der Waals surface area contributed by atoms with Crippen LogP contribution in [0.4, 0.5) is 8.78 Å². The van der Waals surface area contributed by atoms with Crippen molar-refractivity contribution in [2.75, 3.05) is 20.2 Å². The van der Waals surface area contributed by atoms with E-state index in [1.165, 1.54) is 0 Å². The highest BCUT2D eigenvalue weighted by Gasteiger charge is 2.28. The van der Waals surface area contributed by atoms with Gasteiger partial charge in [0.15, 0.2) is 11.6 Å². The molecule has 1 aliphatic rings. The van der Waals surface area contributed by atoms with Crippen molar-refractivity contribution in [1.82, 2.24) is 4.90 Å². The highest BCUT2D eigenvalue weighted by molar-refractivity contribution is 5.31. The van der Waals surface area contributed by atoms with Gasteiger partial charge in [-0.2, -0.15) is 0 Å². The summed E-state index contributed by atoms with van der Waals surface area (Å²) >= 11 is 0. The highest BCUT2D eigenvalue weighted by atomic mass is 19.1. The molecular formula is C15H21F2NO2. The van der Waals surface area contributed by atoms with Crippen LogP contribution in [-0.4, -0.2) is 35.8 Å². The highest BCUT2D eigenvalue weighted by Crippen LogP contribution is 2.28. The molecule has 1 aliphatic heterocycles. The van der Waals surface area contributed by atoms with Gasteiger partial charge in [-0.15, -0.1) is 0 Å². The van der Waals surface area contributed by atoms with Gasteiger partial charge in [-0.25, -0.2) is 8.78 Å². The maximum atomic E-state index is 13.8. The first-order chi connectivity index (χ1) is 9.45. The van der Waals surface area contributed by atoms with Crippen molar-refractivity contribution in [3.8, 4) is 5.75 Å². The van der Waals surface area contributed by atoms with Crippen molar-refractivity contribution in [2.24, 2.45) is 0 Å². The van der Waals surface area contributed by atoms with Gasteiger partial charge in [0, 0.05) is 25.8 Å². The van der Waals surface area contributed by atoms with E-state index in [9.17, 15) is 13.9 Å². The molecule has 0 amide bonds. The Hall–Kier alpha value is -1.20. The zero-order valence-corrected chi connectivity index (χ0v) is 12.0. The summed E-state index contributed by atoms with van der Waals surface area (Å²) in [6.45, 7) is 3.73. The molecule has 3 nitrogen and oxygen atoms in total. The van der Waals surface area contributed by atoms with Crippen LogP contribution >= 0.6 is 0 Å². The van der Waals surface area contributed by atoms with Crippen LogP contribution in [0.2, 0.25) is 0 Å². The number of aromatic hydroxyl groups is 1. The maximum Gasteiger partial charge on any atom is 0.172 e. The molecule has 0 bridgehead atoms. The Morgan fingerprint density at radius 3 is 2.75 bits per heavy atom. The Balaban J connectivity index is 2.09. The number of nitrogens with zero attached hydrogens (tertiary/aromatic N) is 1. The van der Waals surface area contributed by atoms with Crippen LogP contribution in [0.1, 0.15) is 31.7 Å². The quantitative estimate of drug-likeness (QED) is 0.926. The average Bonchev–Trinajstić information content (AvgIpc) is 2.62. The number of phenolic OH excluding ortho intramolecular Hbond substituents is 1. The Kier molecular flexibility index (Phi) is 4.60. The summed E-state index contributed by atoms with van der Waals surface area (Å²) in [5.41, 5.74) is -0.226. The lowest BCUT2D eigenvalue weighted by molar-refractivity contribution is -0.00586. The van der Waals surface area contributed by atoms with Gasteiger partial charge in [-0.3, -0.25) is 4.90 Å². The molecule has 1 fully saturated rings. The summed E-state index contributed by atoms with van der Waals surface area (Å²) in [5, 5.41) is 9.35. The zero-order valence-electron chi connectivity index (χ0n) is 12.0. The minimum Gasteiger partial charge on any atom is -0.505 e. The first-order valence-corrected chi connectivity index (χ1v) is 6.88. The lowest BCUT2D eigenvalue weighted by Crippen LogP contribution is -2.30. The molecule has 1 heterocycles. The fourth-order valence-corrected chi connectivity index (χ4v) is 2.62. The van der Waals surface area contributed by atoms with E-state index in [1.807, 2.05) is 4.90 Å². The van der Waals surface area contributed by atoms with Crippen molar-refractivity contribution in [3.05, 3.63) is 29.3 Å². The normalized spacial score (nSPS) is 24.6. The van der Waals surface area contributed by atoms with Crippen molar-refractivity contribution in [3.63, 3.8) is 0 Å². The van der Waals surface area contributed by atoms with E-state index in [2.05, 4.69) is 6.92 Å². The molecule has 0 aliphatic carbocycles. The Labute approximate surface area is 118 Å². The standard InChI is InChI=1S/C15H21F2NO2/c1-15(20-2)6-3-8-18(9-7-15)10-11-12(16)4-5-13(19)14(11)17/h4-5,19H,3,6-10H2,1-2H3. The SMILES string of the molecule is COC1(C)CCCN(Cc2c(F)ccc(O)c2F)CC1. The van der Waals surface area contributed by atoms with E-state index in [4.69, 9.17) is 4.74 Å². The molecule has 1 aromatic rings. The van der Waals surface area contributed by atoms with Gasteiger partial charge in [0.2, 0.25) is 0 Å². The van der Waals surface area contributed by atoms with Crippen LogP contribution in [0, 0.1) is 11.6 Å². The van der Waals surface area contributed by atoms with Gasteiger partial charge < -0.3 is 9.84 Å². The lowest BCUT2D eigenvalue weighted by Gasteiger charge is -2.26. The summed E-state index contributed by atoms with van der Waals surface area (Å²) in [4.78, 5) is 2.01. The fraction of sp³-hybridized carbons (Fsp3) is 0.600. The van der Waals surface area contributed by atoms with Gasteiger partial charge in [0.25, 0.3) is 0 Å². The molecule has 0 saturated carbocycles. The van der Waals surface area contributed by atoms with Gasteiger partial charge in [0.05, 0.1) is 5.60 Å². The van der Waals surface area contributed by atoms with Gasteiger partial charge in [-0.1, -0.05) is 0 Å². The number of likely N-dealkylation sites (tertiary alicyclic amines) is 1. The summed E-state index contributed by atoms with van der Waals surface area (Å²) in [6, 6.07) is 2.14. The molecule has 0 spiro atoms. The smallest absolute Gasteiger partial charge is 0.172 e. The molecular weight excluding hydrogens is 264 g/mol. The molecule has 2 rings (SSSR count). The Bertz CT molecular complexity index is 481. The molecule has 5 heteroatoms. The maximum absolute atomic E-state index is 13.8. The van der Waals surface area contributed by atoms with Gasteiger partial charge in [-0.05, 0) is 44.9 Å². The molecule has 1 aromatic carbocycles. The van der Waals surface area contributed by atoms with Crippen molar-refractivity contribution >= 4 is 0 Å². The second-order valence-corrected chi connectivity index (χ2v) is 5.64. The van der Waals surface area contributed by atoms with E-state index < -0.39 is 17.4 Å². The lowest BCUT2D eigenvalue weighted by atomic mass is 9.97. The van der Waals surface area contributed by atoms with Crippen LogP contribution in [0.15, 0.2) is 12.1 Å². The predicted octanol–water partition coefficient (Wildman–Crippen LogP) is 3.06. The van der Waals surface area contributed by atoms with Crippen molar-refractivity contribution < 1.29 is 18.6 Å². The Morgan fingerprint density at radius 2 is 2.05 bits per heavy atom. The molecule has 112 valence electrons. The van der Waals surface area contributed by atoms with Gasteiger partial charge >= 0.3 is 0 Å². The molecule has 20 heavy (non-hydrogen) atoms. The second kappa shape index (κ2) is 6.06. The summed E-state index contributed by atoms with van der Waals surface area (Å²) in [5.74, 6) is -1.97. The van der Waals surface area contributed by atoms with E-state index in [0.29, 0.717) is 0 Å². The van der Waals surface area contributed by atoms with Crippen LogP contribution < -0.4 is 0 Å². The third kappa shape index (κ3) is 3.27. The van der Waals surface area contributed by atoms with E-state index >= 15 is 0 Å². The largest absolute Gasteiger partial charge is 0.505 e. The molecule has 1 unspecified atom stereocenters. The summed E-state index contributed by atoms with van der Waals surface area (Å²) in [6.07, 6.45) is 2.68. The topological polar surface area (TPSA) is 32.7 Å². The predicted molar refractivity (Wildman–Crippen MR) is 72.6 cm³/mol. The summed E-state index contributed by atoms with van der Waals surface area (Å²) in [7, 11) is 1.70. The van der Waals surface area contributed by atoms with E-state index in [0.717, 1.165) is 44.5 Å². The zero-order chi connectivity index (χ0) is 14.8. The van der Waals surface area contributed by atoms with Crippen LogP contribution in [0.3, 0.4) is 0 Å². The number of hydrogen-bond acceptors (Lipinski definition) is 3. The minimum absolute atomic E-state index is 0.0639. The Morgan fingerprint density at radius 1 is 1.30 bits per heavy atom. The third-order valence-electron chi connectivity index (χ3n) is 4.18. The second-order valence-electron chi connectivity index (χ2n) is 5.64. The number of phenols is 1. The number of benzene rings is 1. The average molecular weight is 285 g/mol. The third-order valence-corrected chi connectivity index (χ3v) is 4.18. The van der Waals surface area contributed by atoms with E-state index in [1.54, 1.807) is 7.11 Å². The van der Waals surface area contributed by atoms with Crippen LogP contribution in [0.25, 0.3) is 0 Å². The van der Waals surface area contributed by atoms with Crippen molar-refractivity contribution in [1.29, 1.82) is 0 Å². The van der Waals surface area contributed by atoms with Crippen LogP contribution in [-0.2, 0) is 11.3 Å². The van der Waals surface area contributed by atoms with E-state index in [-0.39, 0.29) is 17.7 Å². The first kappa shape index (κ1) is 15.2. The van der Waals surface area contributed by atoms with Crippen LogP contribution in [0.5, 0.6) is 5.75 Å². The number of hydrogen-bond donors (Lipinski definition) is 1. The molecule has 1 N–H and O–H groups in total. The summed E-state index contributed by atoms with van der Waals surface area (Å²) < 4.78 is 33.0. The number of rotatable bonds is 3.